The summed E-state index contributed by atoms with van der Waals surface area (Å²) in [6.45, 7) is 20.1. The van der Waals surface area contributed by atoms with Gasteiger partial charge in [0, 0.05) is 68.1 Å². The Morgan fingerprint density at radius 1 is 0.565 bits per heavy atom. The van der Waals surface area contributed by atoms with Gasteiger partial charge in [0.2, 0.25) is 0 Å². The van der Waals surface area contributed by atoms with Crippen LogP contribution in [0.5, 0.6) is 0 Å². The van der Waals surface area contributed by atoms with Crippen molar-refractivity contribution in [2.75, 3.05) is 13.2 Å². The molecule has 4 bridgehead atoms. The number of carbonyl (C=O) groups is 8. The van der Waals surface area contributed by atoms with Crippen LogP contribution in [0.25, 0.3) is 0 Å². The third-order valence-corrected chi connectivity index (χ3v) is 21.1. The van der Waals surface area contributed by atoms with Gasteiger partial charge in [-0.1, -0.05) is 91.8 Å². The molecule has 6 N–H and O–H groups in total. The summed E-state index contributed by atoms with van der Waals surface area (Å²) in [4.78, 5) is 107. The molecular formula is C64H82O21. The van der Waals surface area contributed by atoms with Crippen molar-refractivity contribution >= 4 is 47.4 Å². The first-order valence-electron chi connectivity index (χ1n) is 28.9. The third-order valence-electron chi connectivity index (χ3n) is 21.1. The topological polar surface area (TPSA) is 323 Å². The van der Waals surface area contributed by atoms with Crippen molar-refractivity contribution in [3.8, 4) is 0 Å². The molecule has 1 saturated heterocycles. The Balaban J connectivity index is 0.000000221. The molecule has 2 aromatic rings. The minimum atomic E-state index is -2.42. The lowest BCUT2D eigenvalue weighted by Crippen LogP contribution is -2.80. The molecule has 7 aliphatic rings. The van der Waals surface area contributed by atoms with Crippen LogP contribution in [0.15, 0.2) is 83.0 Å². The SMILES string of the molecule is CC(=O)O[C@H]1C(=O)[C@@]2(C)C([C@H](OC(=O)c3ccccc3)[C@]3(O)C[C@H](O)C(C)=C1C3(C)C)[C@]1(OC(C)=O)CO[C@@H]1C[C@@H]2C.CC(=O)O[C@H]1C(=O)[C@]2(C)C(C)C[C@H](OC(C)=O)[C@@](O)(CO)C2[C@H](OC(=O)c2ccccc2)[C@]2(O)C[C@H](O)C(C)=C1C2(C)C. The number of benzene rings is 2. The van der Waals surface area contributed by atoms with Gasteiger partial charge in [0.05, 0.1) is 42.5 Å². The summed E-state index contributed by atoms with van der Waals surface area (Å²) in [5, 5.41) is 71.6. The zero-order valence-corrected chi connectivity index (χ0v) is 50.8. The van der Waals surface area contributed by atoms with Crippen molar-refractivity contribution in [1.82, 2.24) is 0 Å². The number of ether oxygens (including phenoxy) is 7. The Labute approximate surface area is 494 Å². The molecule has 464 valence electrons. The lowest BCUT2D eigenvalue weighted by molar-refractivity contribution is -0.340. The first-order chi connectivity index (χ1) is 39.4. The number of esters is 6. The highest BCUT2D eigenvalue weighted by molar-refractivity contribution is 5.96. The quantitative estimate of drug-likeness (QED) is 0.111. The molecule has 2 aromatic carbocycles. The fraction of sp³-hybridized carbons (Fsp3) is 0.625. The Hall–Kier alpha value is -6.20. The normalized spacial score (nSPS) is 39.5. The number of hydrogen-bond acceptors (Lipinski definition) is 21. The second-order valence-corrected chi connectivity index (χ2v) is 26.2. The maximum atomic E-state index is 15.0. The highest BCUT2D eigenvalue weighted by Gasteiger charge is 2.78. The van der Waals surface area contributed by atoms with Gasteiger partial charge < -0.3 is 63.8 Å². The lowest BCUT2D eigenvalue weighted by atomic mass is 9.43. The van der Waals surface area contributed by atoms with Gasteiger partial charge in [0.1, 0.15) is 41.2 Å². The van der Waals surface area contributed by atoms with Crippen LogP contribution >= 0.6 is 0 Å². The number of hydrogen-bond donors (Lipinski definition) is 6. The van der Waals surface area contributed by atoms with Crippen LogP contribution in [-0.4, -0.2) is 162 Å². The molecule has 0 spiro atoms. The largest absolute Gasteiger partial charge is 0.459 e. The van der Waals surface area contributed by atoms with Gasteiger partial charge in [0.15, 0.2) is 29.4 Å². The standard InChI is InChI=1S/C32H42O11.C32H40O10/c1-16-13-22(41-18(3)34)31(39,15-33)25-27(43-28(38)20-11-9-8-10-12-20)32(40)14-21(36)17(2)23(29(32,5)6)24(42-19(4)35)26(37)30(16,25)7;1-16-13-22-31(15-39-22,42-19(4)34)25-27(41-28(37)20-11-9-8-10-12-20)32(38)14-21(35)17(2)23(29(32,5)6)24(40-18(3)33)26(36)30(16,25)7/h8-12,16,21-22,24-25,27,33,36,39-40H,13-15H2,1-7H3;8-12,16,21-22,24-25,27,35,38H,13-15H2,1-7H3/t16?,21-,22-,24+,25?,27-,30+,31-,32+;16-,21-,22+,24+,25?,27-,30+,31-,32+/m00/s1. The summed E-state index contributed by atoms with van der Waals surface area (Å²) in [5.74, 6) is -9.52. The first kappa shape index (κ1) is 64.8. The van der Waals surface area contributed by atoms with E-state index in [2.05, 4.69) is 0 Å². The second-order valence-electron chi connectivity index (χ2n) is 26.2. The molecule has 18 atom stereocenters. The summed E-state index contributed by atoms with van der Waals surface area (Å²) < 4.78 is 41.3. The number of carbonyl (C=O) groups excluding carboxylic acids is 8. The van der Waals surface area contributed by atoms with Crippen molar-refractivity contribution in [2.24, 2.45) is 45.3 Å². The molecule has 0 radical (unpaired) electrons. The van der Waals surface area contributed by atoms with E-state index in [0.717, 1.165) is 13.8 Å². The van der Waals surface area contributed by atoms with Gasteiger partial charge in [-0.15, -0.1) is 0 Å². The Morgan fingerprint density at radius 3 is 1.32 bits per heavy atom. The van der Waals surface area contributed by atoms with Gasteiger partial charge in [-0.25, -0.2) is 9.59 Å². The molecule has 6 aliphatic carbocycles. The minimum absolute atomic E-state index is 0.0794. The number of fused-ring (bicyclic) bond motifs is 8. The molecule has 1 heterocycles. The molecule has 5 fully saturated rings. The van der Waals surface area contributed by atoms with Crippen LogP contribution in [-0.2, 0) is 61.9 Å². The van der Waals surface area contributed by atoms with Crippen LogP contribution < -0.4 is 0 Å². The highest BCUT2D eigenvalue weighted by atomic mass is 16.6. The number of aliphatic hydroxyl groups excluding tert-OH is 3. The summed E-state index contributed by atoms with van der Waals surface area (Å²) >= 11 is 0. The fourth-order valence-corrected chi connectivity index (χ4v) is 16.0. The molecule has 21 nitrogen and oxygen atoms in total. The van der Waals surface area contributed by atoms with Crippen molar-refractivity contribution in [2.45, 2.75) is 194 Å². The number of ketones is 2. The monoisotopic (exact) mass is 1190 g/mol. The van der Waals surface area contributed by atoms with Crippen molar-refractivity contribution in [3.63, 3.8) is 0 Å². The Kier molecular flexibility index (Phi) is 17.2. The molecule has 1 aliphatic heterocycles. The summed E-state index contributed by atoms with van der Waals surface area (Å²) in [6.07, 6.45) is -11.2. The predicted octanol–water partition coefficient (Wildman–Crippen LogP) is 4.81. The van der Waals surface area contributed by atoms with Gasteiger partial charge in [-0.05, 0) is 85.1 Å². The lowest BCUT2D eigenvalue weighted by Gasteiger charge is -2.68. The zero-order valence-electron chi connectivity index (χ0n) is 50.8. The van der Waals surface area contributed by atoms with Crippen LogP contribution in [0.2, 0.25) is 0 Å². The zero-order chi connectivity index (χ0) is 63.3. The maximum absolute atomic E-state index is 15.0. The number of aliphatic hydroxyl groups is 6. The van der Waals surface area contributed by atoms with Crippen LogP contribution in [0.4, 0.5) is 0 Å². The van der Waals surface area contributed by atoms with E-state index in [-0.39, 0.29) is 48.1 Å². The first-order valence-corrected chi connectivity index (χ1v) is 28.9. The third kappa shape index (κ3) is 9.96. The van der Waals surface area contributed by atoms with Gasteiger partial charge in [-0.2, -0.15) is 0 Å². The maximum Gasteiger partial charge on any atom is 0.338 e. The Morgan fingerprint density at radius 2 is 0.953 bits per heavy atom. The fourth-order valence-electron chi connectivity index (χ4n) is 16.0. The van der Waals surface area contributed by atoms with Gasteiger partial charge in [0.25, 0.3) is 0 Å². The molecule has 4 saturated carbocycles. The van der Waals surface area contributed by atoms with Gasteiger partial charge in [-0.3, -0.25) is 28.8 Å². The second kappa shape index (κ2) is 22.5. The van der Waals surface area contributed by atoms with Crippen molar-refractivity contribution in [3.05, 3.63) is 94.1 Å². The molecule has 0 amide bonds. The van der Waals surface area contributed by atoms with E-state index in [1.165, 1.54) is 32.9 Å². The van der Waals surface area contributed by atoms with Crippen molar-refractivity contribution in [1.29, 1.82) is 0 Å². The van der Waals surface area contributed by atoms with E-state index in [0.29, 0.717) is 17.6 Å². The minimum Gasteiger partial charge on any atom is -0.459 e. The number of rotatable bonds is 9. The molecule has 9 rings (SSSR count). The average Bonchev–Trinajstić information content (AvgIpc) is 0.690. The van der Waals surface area contributed by atoms with E-state index in [4.69, 9.17) is 33.2 Å². The average molecular weight is 1190 g/mol. The van der Waals surface area contributed by atoms with E-state index in [1.807, 2.05) is 6.92 Å². The van der Waals surface area contributed by atoms with Crippen LogP contribution in [0.1, 0.15) is 143 Å². The van der Waals surface area contributed by atoms with Crippen LogP contribution in [0.3, 0.4) is 0 Å². The Bertz CT molecular complexity index is 3090. The van der Waals surface area contributed by atoms with Crippen LogP contribution in [0, 0.1) is 45.3 Å². The number of Topliss-reactive ketones (excluding diaryl/α,β-unsaturated/α-hetero) is 2. The molecule has 0 aromatic heterocycles. The summed E-state index contributed by atoms with van der Waals surface area (Å²) in [5.41, 5.74) is -12.6. The predicted molar refractivity (Wildman–Crippen MR) is 299 cm³/mol. The van der Waals surface area contributed by atoms with E-state index < -0.39 is 171 Å². The van der Waals surface area contributed by atoms with E-state index in [1.54, 1.807) is 104 Å². The van der Waals surface area contributed by atoms with Crippen molar-refractivity contribution < 1.29 is 102 Å². The molecule has 3 unspecified atom stereocenters. The van der Waals surface area contributed by atoms with Gasteiger partial charge >= 0.3 is 35.8 Å². The molecule has 21 heteroatoms. The smallest absolute Gasteiger partial charge is 0.338 e. The highest BCUT2D eigenvalue weighted by Crippen LogP contribution is 2.67. The van der Waals surface area contributed by atoms with E-state index >= 15 is 0 Å². The summed E-state index contributed by atoms with van der Waals surface area (Å²) in [6, 6.07) is 16.2. The van der Waals surface area contributed by atoms with E-state index in [9.17, 15) is 69.0 Å². The molecule has 85 heavy (non-hydrogen) atoms. The summed E-state index contributed by atoms with van der Waals surface area (Å²) in [7, 11) is 0. The molecular weight excluding hydrogens is 1100 g/mol.